The van der Waals surface area contributed by atoms with Gasteiger partial charge in [-0.15, -0.1) is 0 Å². The van der Waals surface area contributed by atoms with Crippen LogP contribution in [0.25, 0.3) is 0 Å². The van der Waals surface area contributed by atoms with Crippen molar-refractivity contribution in [3.63, 3.8) is 0 Å². The Balaban J connectivity index is 2.90. The number of ether oxygens (including phenoxy) is 2. The molecule has 0 spiro atoms. The Bertz CT molecular complexity index is 363. The summed E-state index contributed by atoms with van der Waals surface area (Å²) in [6, 6.07) is 5.24. The number of carbonyl (C=O) groups excluding carboxylic acids is 1. The van der Waals surface area contributed by atoms with E-state index >= 15 is 0 Å². The lowest BCUT2D eigenvalue weighted by atomic mass is 10.1. The van der Waals surface area contributed by atoms with Gasteiger partial charge in [0.15, 0.2) is 5.78 Å². The van der Waals surface area contributed by atoms with Crippen LogP contribution in [0.5, 0.6) is 11.5 Å². The predicted molar refractivity (Wildman–Crippen MR) is 66.9 cm³/mol. The Morgan fingerprint density at radius 2 is 2.06 bits per heavy atom. The maximum atomic E-state index is 11.8. The number of hydrogen-bond donors (Lipinski definition) is 0. The summed E-state index contributed by atoms with van der Waals surface area (Å²) in [6.45, 7) is 0. The molecule has 0 heterocycles. The van der Waals surface area contributed by atoms with Gasteiger partial charge in [-0.05, 0) is 18.6 Å². The molecule has 0 fully saturated rings. The standard InChI is InChI=1S/C12H15BrO3/c1-15-9-5-6-10(12(8-9)16-2)11(14)4-3-7-13/h5-6,8H,3-4,7H2,1-2H3. The lowest BCUT2D eigenvalue weighted by molar-refractivity contribution is 0.0979. The Labute approximate surface area is 104 Å². The highest BCUT2D eigenvalue weighted by Crippen LogP contribution is 2.25. The van der Waals surface area contributed by atoms with Crippen LogP contribution in [-0.2, 0) is 0 Å². The molecule has 0 aliphatic heterocycles. The van der Waals surface area contributed by atoms with Crippen LogP contribution < -0.4 is 9.47 Å². The fraction of sp³-hybridized carbons (Fsp3) is 0.417. The Morgan fingerprint density at radius 3 is 2.62 bits per heavy atom. The molecule has 88 valence electrons. The second kappa shape index (κ2) is 6.53. The summed E-state index contributed by atoms with van der Waals surface area (Å²) in [7, 11) is 3.14. The number of rotatable bonds is 6. The number of benzene rings is 1. The molecule has 1 rings (SSSR count). The topological polar surface area (TPSA) is 35.5 Å². The second-order valence-electron chi connectivity index (χ2n) is 3.28. The van der Waals surface area contributed by atoms with Gasteiger partial charge in [0, 0.05) is 17.8 Å². The minimum Gasteiger partial charge on any atom is -0.497 e. The highest BCUT2D eigenvalue weighted by atomic mass is 79.9. The molecule has 0 aromatic heterocycles. The van der Waals surface area contributed by atoms with Crippen LogP contribution in [0.3, 0.4) is 0 Å². The number of methoxy groups -OCH3 is 2. The first-order valence-corrected chi connectivity index (χ1v) is 6.16. The van der Waals surface area contributed by atoms with Crippen molar-refractivity contribution in [3.05, 3.63) is 23.8 Å². The van der Waals surface area contributed by atoms with E-state index < -0.39 is 0 Å². The zero-order valence-corrected chi connectivity index (χ0v) is 11.0. The fourth-order valence-corrected chi connectivity index (χ4v) is 1.67. The predicted octanol–water partition coefficient (Wildman–Crippen LogP) is 3.06. The summed E-state index contributed by atoms with van der Waals surface area (Å²) < 4.78 is 10.3. The minimum absolute atomic E-state index is 0.0963. The smallest absolute Gasteiger partial charge is 0.166 e. The van der Waals surface area contributed by atoms with Crippen molar-refractivity contribution in [3.8, 4) is 11.5 Å². The van der Waals surface area contributed by atoms with Gasteiger partial charge in [-0.1, -0.05) is 15.9 Å². The largest absolute Gasteiger partial charge is 0.497 e. The van der Waals surface area contributed by atoms with Crippen LogP contribution >= 0.6 is 15.9 Å². The maximum absolute atomic E-state index is 11.8. The van der Waals surface area contributed by atoms with E-state index in [-0.39, 0.29) is 5.78 Å². The normalized spacial score (nSPS) is 9.94. The maximum Gasteiger partial charge on any atom is 0.166 e. The number of ketones is 1. The van der Waals surface area contributed by atoms with Gasteiger partial charge in [0.05, 0.1) is 19.8 Å². The van der Waals surface area contributed by atoms with Crippen molar-refractivity contribution in [2.45, 2.75) is 12.8 Å². The van der Waals surface area contributed by atoms with Gasteiger partial charge < -0.3 is 9.47 Å². The summed E-state index contributed by atoms with van der Waals surface area (Å²) in [5.74, 6) is 1.35. The van der Waals surface area contributed by atoms with E-state index in [9.17, 15) is 4.79 Å². The fourth-order valence-electron chi connectivity index (χ4n) is 1.39. The Kier molecular flexibility index (Phi) is 5.32. The molecule has 0 bridgehead atoms. The van der Waals surface area contributed by atoms with Gasteiger partial charge in [0.1, 0.15) is 11.5 Å². The van der Waals surface area contributed by atoms with Crippen LogP contribution in [0.4, 0.5) is 0 Å². The average molecular weight is 287 g/mol. The molecular weight excluding hydrogens is 272 g/mol. The van der Waals surface area contributed by atoms with Crippen LogP contribution in [0.1, 0.15) is 23.2 Å². The van der Waals surface area contributed by atoms with E-state index in [2.05, 4.69) is 15.9 Å². The summed E-state index contributed by atoms with van der Waals surface area (Å²) in [4.78, 5) is 11.8. The third kappa shape index (κ3) is 3.23. The summed E-state index contributed by atoms with van der Waals surface area (Å²) in [5.41, 5.74) is 0.615. The molecule has 0 aliphatic carbocycles. The number of hydrogen-bond acceptors (Lipinski definition) is 3. The van der Waals surface area contributed by atoms with Gasteiger partial charge in [-0.3, -0.25) is 4.79 Å². The number of Topliss-reactive ketones (excluding diaryl/α,β-unsaturated/α-hetero) is 1. The van der Waals surface area contributed by atoms with Crippen molar-refractivity contribution in [1.82, 2.24) is 0 Å². The second-order valence-corrected chi connectivity index (χ2v) is 4.07. The lowest BCUT2D eigenvalue weighted by Crippen LogP contribution is -2.02. The molecular formula is C12H15BrO3. The molecule has 4 heteroatoms. The lowest BCUT2D eigenvalue weighted by Gasteiger charge is -2.09. The Hall–Kier alpha value is -1.03. The zero-order chi connectivity index (χ0) is 12.0. The third-order valence-electron chi connectivity index (χ3n) is 2.25. The van der Waals surface area contributed by atoms with Gasteiger partial charge in [0.25, 0.3) is 0 Å². The number of carbonyl (C=O) groups is 1. The van der Waals surface area contributed by atoms with E-state index in [0.29, 0.717) is 23.5 Å². The molecule has 0 saturated heterocycles. The Morgan fingerprint density at radius 1 is 1.31 bits per heavy atom. The van der Waals surface area contributed by atoms with Gasteiger partial charge in [0.2, 0.25) is 0 Å². The van der Waals surface area contributed by atoms with Crippen LogP contribution in [0.15, 0.2) is 18.2 Å². The van der Waals surface area contributed by atoms with Gasteiger partial charge in [-0.25, -0.2) is 0 Å². The zero-order valence-electron chi connectivity index (χ0n) is 9.46. The highest BCUT2D eigenvalue weighted by Gasteiger charge is 2.12. The van der Waals surface area contributed by atoms with Crippen molar-refractivity contribution in [2.24, 2.45) is 0 Å². The van der Waals surface area contributed by atoms with E-state index in [0.717, 1.165) is 11.8 Å². The summed E-state index contributed by atoms with van der Waals surface area (Å²) >= 11 is 3.31. The SMILES string of the molecule is COc1ccc(C(=O)CCCBr)c(OC)c1. The van der Waals surface area contributed by atoms with Gasteiger partial charge >= 0.3 is 0 Å². The van der Waals surface area contributed by atoms with E-state index in [4.69, 9.17) is 9.47 Å². The molecule has 16 heavy (non-hydrogen) atoms. The molecule has 0 N–H and O–H groups in total. The first-order valence-electron chi connectivity index (χ1n) is 5.04. The van der Waals surface area contributed by atoms with Crippen molar-refractivity contribution in [1.29, 1.82) is 0 Å². The molecule has 0 aliphatic rings. The van der Waals surface area contributed by atoms with Crippen molar-refractivity contribution in [2.75, 3.05) is 19.5 Å². The highest BCUT2D eigenvalue weighted by molar-refractivity contribution is 9.09. The number of alkyl halides is 1. The first kappa shape index (κ1) is 13.0. The molecule has 0 saturated carbocycles. The molecule has 0 radical (unpaired) electrons. The summed E-state index contributed by atoms with van der Waals surface area (Å²) in [6.07, 6.45) is 1.35. The minimum atomic E-state index is 0.0963. The first-order chi connectivity index (χ1) is 7.72. The molecule has 1 aromatic carbocycles. The van der Waals surface area contributed by atoms with Crippen LogP contribution in [0.2, 0.25) is 0 Å². The molecule has 0 amide bonds. The van der Waals surface area contributed by atoms with E-state index in [1.165, 1.54) is 0 Å². The van der Waals surface area contributed by atoms with E-state index in [1.54, 1.807) is 32.4 Å². The van der Waals surface area contributed by atoms with Crippen LogP contribution in [0, 0.1) is 0 Å². The van der Waals surface area contributed by atoms with Crippen LogP contribution in [-0.4, -0.2) is 25.3 Å². The average Bonchev–Trinajstić information content (AvgIpc) is 2.34. The summed E-state index contributed by atoms with van der Waals surface area (Å²) in [5, 5.41) is 0.831. The third-order valence-corrected chi connectivity index (χ3v) is 2.81. The van der Waals surface area contributed by atoms with Gasteiger partial charge in [-0.2, -0.15) is 0 Å². The van der Waals surface area contributed by atoms with Crippen molar-refractivity contribution < 1.29 is 14.3 Å². The monoisotopic (exact) mass is 286 g/mol. The molecule has 1 aromatic rings. The van der Waals surface area contributed by atoms with Crippen molar-refractivity contribution >= 4 is 21.7 Å². The molecule has 0 atom stereocenters. The molecule has 3 nitrogen and oxygen atoms in total. The van der Waals surface area contributed by atoms with E-state index in [1.807, 2.05) is 0 Å². The quantitative estimate of drug-likeness (QED) is 0.596. The number of halogens is 1. The molecule has 0 unspecified atom stereocenters.